The molecule has 0 unspecified atom stereocenters. The van der Waals surface area contributed by atoms with Gasteiger partial charge in [0.15, 0.2) is 0 Å². The minimum atomic E-state index is -4.92. The number of nitrogens with zero attached hydrogens (tertiary/aromatic N) is 1. The van der Waals surface area contributed by atoms with E-state index in [2.05, 4.69) is 15.9 Å². The third-order valence-corrected chi connectivity index (χ3v) is 3.22. The van der Waals surface area contributed by atoms with Crippen molar-refractivity contribution in [3.8, 4) is 5.69 Å². The number of benzene rings is 1. The molecule has 112 valence electrons. The molecule has 1 heterocycles. The molecule has 2 aromatic rings. The Morgan fingerprint density at radius 2 is 1.57 bits per heavy atom. The van der Waals surface area contributed by atoms with Crippen LogP contribution in [0.4, 0.5) is 22.0 Å². The van der Waals surface area contributed by atoms with Crippen molar-refractivity contribution in [2.24, 2.45) is 0 Å². The van der Waals surface area contributed by atoms with Gasteiger partial charge in [0.2, 0.25) is 0 Å². The Balaban J connectivity index is 2.72. The molecule has 0 atom stereocenters. The maximum atomic E-state index is 13.4. The molecule has 1 aromatic carbocycles. The fourth-order valence-corrected chi connectivity index (χ4v) is 1.79. The molecule has 2 rings (SSSR count). The Labute approximate surface area is 121 Å². The van der Waals surface area contributed by atoms with E-state index in [9.17, 15) is 31.5 Å². The summed E-state index contributed by atoms with van der Waals surface area (Å²) in [5.74, 6) is -2.23. The highest BCUT2D eigenvalue weighted by molar-refractivity contribution is 9.10. The lowest BCUT2D eigenvalue weighted by molar-refractivity contribution is -0.141. The number of halogens is 6. The normalized spacial score (nSPS) is 11.7. The molecule has 10 heteroatoms. The lowest BCUT2D eigenvalue weighted by Gasteiger charge is -2.09. The number of alkyl halides is 3. The fraction of sp³-hybridized carbons (Fsp3) is 0.0909. The molecule has 1 aromatic heterocycles. The summed E-state index contributed by atoms with van der Waals surface area (Å²) in [4.78, 5) is 24.6. The third kappa shape index (κ3) is 2.89. The zero-order chi connectivity index (χ0) is 15.9. The largest absolute Gasteiger partial charge is 0.431 e. The molecule has 0 bridgehead atoms. The number of nitrogens with one attached hydrogen (secondary N) is 1. The first-order valence-electron chi connectivity index (χ1n) is 5.20. The number of hydrogen-bond donors (Lipinski definition) is 1. The summed E-state index contributed by atoms with van der Waals surface area (Å²) in [6, 6.07) is 1.40. The molecule has 0 amide bonds. The second-order valence-corrected chi connectivity index (χ2v) is 4.68. The van der Waals surface area contributed by atoms with E-state index < -0.39 is 44.9 Å². The van der Waals surface area contributed by atoms with Crippen molar-refractivity contribution < 1.29 is 22.0 Å². The first kappa shape index (κ1) is 15.4. The molecule has 0 aliphatic rings. The summed E-state index contributed by atoms with van der Waals surface area (Å²) < 4.78 is 63.6. The highest BCUT2D eigenvalue weighted by atomic mass is 79.9. The average Bonchev–Trinajstić information content (AvgIpc) is 2.33. The van der Waals surface area contributed by atoms with Crippen molar-refractivity contribution >= 4 is 15.9 Å². The predicted octanol–water partition coefficient (Wildman–Crippen LogP) is 2.59. The number of rotatable bonds is 1. The van der Waals surface area contributed by atoms with Crippen LogP contribution in [0.15, 0.2) is 32.3 Å². The van der Waals surface area contributed by atoms with E-state index in [1.165, 1.54) is 4.98 Å². The second kappa shape index (κ2) is 5.10. The lowest BCUT2D eigenvalue weighted by atomic mass is 10.3. The zero-order valence-corrected chi connectivity index (χ0v) is 11.3. The molecule has 0 fully saturated rings. The van der Waals surface area contributed by atoms with Crippen LogP contribution < -0.4 is 11.2 Å². The average molecular weight is 371 g/mol. The van der Waals surface area contributed by atoms with Crippen LogP contribution in [0.1, 0.15) is 5.69 Å². The molecular formula is C11H4BrF5N2O2. The van der Waals surface area contributed by atoms with E-state index in [1.54, 1.807) is 0 Å². The van der Waals surface area contributed by atoms with E-state index in [-0.39, 0.29) is 10.6 Å². The lowest BCUT2D eigenvalue weighted by Crippen LogP contribution is -2.35. The van der Waals surface area contributed by atoms with E-state index in [0.717, 1.165) is 0 Å². The predicted molar refractivity (Wildman–Crippen MR) is 65.3 cm³/mol. The van der Waals surface area contributed by atoms with Crippen molar-refractivity contribution in [2.75, 3.05) is 0 Å². The molecule has 0 spiro atoms. The summed E-state index contributed by atoms with van der Waals surface area (Å²) in [5.41, 5.74) is -4.91. The van der Waals surface area contributed by atoms with Crippen LogP contribution >= 0.6 is 15.9 Å². The SMILES string of the molecule is O=c1cc(C(F)(F)F)[nH]c(=O)n1-c1cc(F)c(Br)c(F)c1. The van der Waals surface area contributed by atoms with Gasteiger partial charge in [0.05, 0.1) is 10.2 Å². The van der Waals surface area contributed by atoms with E-state index in [4.69, 9.17) is 0 Å². The van der Waals surface area contributed by atoms with Crippen molar-refractivity contribution in [1.29, 1.82) is 0 Å². The highest BCUT2D eigenvalue weighted by Gasteiger charge is 2.33. The highest BCUT2D eigenvalue weighted by Crippen LogP contribution is 2.26. The second-order valence-electron chi connectivity index (χ2n) is 3.88. The van der Waals surface area contributed by atoms with Crippen molar-refractivity contribution in [3.05, 3.63) is 60.8 Å². The van der Waals surface area contributed by atoms with Crippen molar-refractivity contribution in [2.45, 2.75) is 6.18 Å². The minimum absolute atomic E-state index is 0.124. The van der Waals surface area contributed by atoms with Crippen LogP contribution in [-0.4, -0.2) is 9.55 Å². The van der Waals surface area contributed by atoms with Gasteiger partial charge >= 0.3 is 11.9 Å². The van der Waals surface area contributed by atoms with Gasteiger partial charge in [0.1, 0.15) is 17.3 Å². The molecule has 0 saturated heterocycles. The molecule has 0 aliphatic heterocycles. The Bertz CT molecular complexity index is 770. The van der Waals surface area contributed by atoms with Crippen LogP contribution in [0.5, 0.6) is 0 Å². The van der Waals surface area contributed by atoms with Gasteiger partial charge in [-0.25, -0.2) is 18.1 Å². The molecular weight excluding hydrogens is 367 g/mol. The minimum Gasteiger partial charge on any atom is -0.303 e. The van der Waals surface area contributed by atoms with E-state index in [1.807, 2.05) is 0 Å². The zero-order valence-electron chi connectivity index (χ0n) is 9.76. The van der Waals surface area contributed by atoms with Gasteiger partial charge in [0, 0.05) is 6.07 Å². The monoisotopic (exact) mass is 370 g/mol. The standard InChI is InChI=1S/C11H4BrF5N2O2/c12-9-5(13)1-4(2-6(9)14)19-8(20)3-7(11(15,16)17)18-10(19)21/h1-3H,(H,18,21). The number of H-pyrrole nitrogens is 1. The fourth-order valence-electron chi connectivity index (χ4n) is 1.56. The summed E-state index contributed by atoms with van der Waals surface area (Å²) in [6.07, 6.45) is -4.92. The first-order valence-corrected chi connectivity index (χ1v) is 5.99. The molecule has 0 saturated carbocycles. The topological polar surface area (TPSA) is 54.9 Å². The third-order valence-electron chi connectivity index (χ3n) is 2.47. The van der Waals surface area contributed by atoms with Crippen LogP contribution in [0.2, 0.25) is 0 Å². The summed E-state index contributed by atoms with van der Waals surface area (Å²) in [6.45, 7) is 0. The van der Waals surface area contributed by atoms with Gasteiger partial charge in [0.25, 0.3) is 5.56 Å². The van der Waals surface area contributed by atoms with E-state index in [0.29, 0.717) is 12.1 Å². The van der Waals surface area contributed by atoms with Crippen molar-refractivity contribution in [1.82, 2.24) is 9.55 Å². The Hall–Kier alpha value is -1.97. The van der Waals surface area contributed by atoms with Crippen LogP contribution in [0, 0.1) is 11.6 Å². The van der Waals surface area contributed by atoms with Gasteiger partial charge in [-0.05, 0) is 28.1 Å². The van der Waals surface area contributed by atoms with Gasteiger partial charge in [-0.2, -0.15) is 13.2 Å². The van der Waals surface area contributed by atoms with E-state index >= 15 is 0 Å². The Kier molecular flexibility index (Phi) is 3.74. The quantitative estimate of drug-likeness (QED) is 0.619. The number of aromatic amines is 1. The van der Waals surface area contributed by atoms with Gasteiger partial charge in [-0.1, -0.05) is 0 Å². The molecule has 0 aliphatic carbocycles. The summed E-state index contributed by atoms with van der Waals surface area (Å²) in [5, 5.41) is 0. The maximum Gasteiger partial charge on any atom is 0.431 e. The number of aromatic nitrogens is 2. The first-order chi connectivity index (χ1) is 9.61. The molecule has 4 nitrogen and oxygen atoms in total. The molecule has 0 radical (unpaired) electrons. The Morgan fingerprint density at radius 1 is 1.05 bits per heavy atom. The smallest absolute Gasteiger partial charge is 0.303 e. The van der Waals surface area contributed by atoms with Crippen molar-refractivity contribution in [3.63, 3.8) is 0 Å². The molecule has 21 heavy (non-hydrogen) atoms. The molecule has 1 N–H and O–H groups in total. The maximum absolute atomic E-state index is 13.4. The summed E-state index contributed by atoms with van der Waals surface area (Å²) in [7, 11) is 0. The summed E-state index contributed by atoms with van der Waals surface area (Å²) >= 11 is 2.59. The number of hydrogen-bond acceptors (Lipinski definition) is 2. The van der Waals surface area contributed by atoms with Crippen LogP contribution in [0.3, 0.4) is 0 Å². The van der Waals surface area contributed by atoms with Gasteiger partial charge in [-0.15, -0.1) is 0 Å². The van der Waals surface area contributed by atoms with Gasteiger partial charge < -0.3 is 4.98 Å². The van der Waals surface area contributed by atoms with Crippen LogP contribution in [0.25, 0.3) is 5.69 Å². The van der Waals surface area contributed by atoms with Crippen LogP contribution in [-0.2, 0) is 6.18 Å². The Morgan fingerprint density at radius 3 is 2.00 bits per heavy atom. The van der Waals surface area contributed by atoms with Gasteiger partial charge in [-0.3, -0.25) is 4.79 Å².